The van der Waals surface area contributed by atoms with E-state index in [1.54, 1.807) is 7.11 Å². The molecule has 0 amide bonds. The van der Waals surface area contributed by atoms with Crippen molar-refractivity contribution in [2.75, 3.05) is 20.2 Å². The zero-order valence-corrected chi connectivity index (χ0v) is 14.4. The van der Waals surface area contributed by atoms with Crippen molar-refractivity contribution in [2.45, 2.75) is 25.3 Å². The van der Waals surface area contributed by atoms with E-state index in [0.29, 0.717) is 4.96 Å². The summed E-state index contributed by atoms with van der Waals surface area (Å²) >= 11 is 1.50. The first-order valence-corrected chi connectivity index (χ1v) is 8.99. The fraction of sp³-hybridized carbons (Fsp3) is 0.412. The Morgan fingerprint density at radius 1 is 1.25 bits per heavy atom. The van der Waals surface area contributed by atoms with E-state index in [9.17, 15) is 5.11 Å². The summed E-state index contributed by atoms with van der Waals surface area (Å²) in [6.45, 7) is 2.05. The Morgan fingerprint density at radius 2 is 2.08 bits per heavy atom. The number of fused-ring (bicyclic) bond motifs is 1. The second-order valence-corrected chi connectivity index (χ2v) is 7.03. The third-order valence-electron chi connectivity index (χ3n) is 4.55. The van der Waals surface area contributed by atoms with Crippen molar-refractivity contribution >= 4 is 16.3 Å². The van der Waals surface area contributed by atoms with Crippen molar-refractivity contribution < 1.29 is 9.84 Å². The number of thiazole rings is 1. The summed E-state index contributed by atoms with van der Waals surface area (Å²) in [5.41, 5.74) is 1.12. The van der Waals surface area contributed by atoms with Crippen molar-refractivity contribution in [1.29, 1.82) is 0 Å². The Labute approximate surface area is 144 Å². The van der Waals surface area contributed by atoms with Gasteiger partial charge in [0.15, 0.2) is 0 Å². The van der Waals surface area contributed by atoms with Gasteiger partial charge in [0.1, 0.15) is 12.1 Å². The molecule has 1 saturated heterocycles. The Balaban J connectivity index is 1.82. The predicted molar refractivity (Wildman–Crippen MR) is 92.8 cm³/mol. The van der Waals surface area contributed by atoms with Gasteiger partial charge in [-0.2, -0.15) is 9.61 Å². The number of likely N-dealkylation sites (tertiary alicyclic amines) is 1. The van der Waals surface area contributed by atoms with Gasteiger partial charge >= 0.3 is 0 Å². The molecule has 2 aromatic heterocycles. The highest BCUT2D eigenvalue weighted by atomic mass is 32.1. The maximum absolute atomic E-state index is 10.7. The summed E-state index contributed by atoms with van der Waals surface area (Å²) in [4.78, 5) is 8.26. The highest BCUT2D eigenvalue weighted by Gasteiger charge is 2.30. The molecule has 7 heteroatoms. The lowest BCUT2D eigenvalue weighted by Crippen LogP contribution is -2.34. The lowest BCUT2D eigenvalue weighted by atomic mass is 10.00. The Bertz CT molecular complexity index is 838. The average Bonchev–Trinajstić information content (AvgIpc) is 3.20. The van der Waals surface area contributed by atoms with Gasteiger partial charge in [0.2, 0.25) is 10.8 Å². The quantitative estimate of drug-likeness (QED) is 0.788. The van der Waals surface area contributed by atoms with E-state index >= 15 is 0 Å². The average molecular weight is 344 g/mol. The molecule has 3 heterocycles. The molecule has 3 aromatic rings. The van der Waals surface area contributed by atoms with Crippen LogP contribution in [-0.2, 0) is 0 Å². The summed E-state index contributed by atoms with van der Waals surface area (Å²) in [6, 6.07) is 8.08. The molecule has 126 valence electrons. The highest BCUT2D eigenvalue weighted by molar-refractivity contribution is 7.17. The lowest BCUT2D eigenvalue weighted by Gasteiger charge is -2.34. The maximum Gasteiger partial charge on any atom is 0.230 e. The van der Waals surface area contributed by atoms with Crippen LogP contribution in [0.4, 0.5) is 0 Å². The molecule has 0 bridgehead atoms. The molecule has 0 aliphatic carbocycles. The molecule has 1 fully saturated rings. The second kappa shape index (κ2) is 6.41. The Morgan fingerprint density at radius 3 is 2.83 bits per heavy atom. The molecule has 1 atom stereocenters. The maximum atomic E-state index is 10.7. The summed E-state index contributed by atoms with van der Waals surface area (Å²) < 4.78 is 6.91. The van der Waals surface area contributed by atoms with Crippen LogP contribution in [0.25, 0.3) is 4.96 Å². The van der Waals surface area contributed by atoms with Crippen molar-refractivity contribution in [2.24, 2.45) is 0 Å². The van der Waals surface area contributed by atoms with Crippen LogP contribution in [0.5, 0.6) is 11.6 Å². The van der Waals surface area contributed by atoms with Crippen molar-refractivity contribution in [3.8, 4) is 11.6 Å². The topological polar surface area (TPSA) is 62.9 Å². The molecule has 0 spiro atoms. The van der Waals surface area contributed by atoms with E-state index in [1.165, 1.54) is 41.4 Å². The van der Waals surface area contributed by atoms with E-state index in [0.717, 1.165) is 29.3 Å². The van der Waals surface area contributed by atoms with Crippen LogP contribution >= 0.6 is 11.3 Å². The fourth-order valence-corrected chi connectivity index (χ4v) is 4.48. The van der Waals surface area contributed by atoms with Crippen LogP contribution < -0.4 is 4.74 Å². The molecule has 1 aliphatic heterocycles. The normalized spacial score (nSPS) is 17.2. The van der Waals surface area contributed by atoms with Gasteiger partial charge in [-0.05, 0) is 43.6 Å². The number of ether oxygens (including phenoxy) is 1. The number of rotatable bonds is 4. The summed E-state index contributed by atoms with van der Waals surface area (Å²) in [6.07, 6.45) is 5.10. The SMILES string of the molecule is COc1cccc([C@@H](c2sc3ncnn3c2O)N2CCCCC2)c1. The van der Waals surface area contributed by atoms with Gasteiger partial charge in [0.05, 0.1) is 18.0 Å². The Kier molecular flexibility index (Phi) is 4.12. The van der Waals surface area contributed by atoms with Crippen molar-refractivity contribution in [3.05, 3.63) is 41.0 Å². The molecule has 4 rings (SSSR count). The standard InChI is InChI=1S/C17H20N4O2S/c1-23-13-7-5-6-12(10-13)14(20-8-3-2-4-9-20)15-16(22)21-17(24-15)18-11-19-21/h5-7,10-11,14,22H,2-4,8-9H2,1H3/t14-/m0/s1. The summed E-state index contributed by atoms with van der Waals surface area (Å²) in [7, 11) is 1.68. The summed E-state index contributed by atoms with van der Waals surface area (Å²) in [5.74, 6) is 1.01. The molecule has 1 aliphatic rings. The number of piperidine rings is 1. The van der Waals surface area contributed by atoms with Crippen LogP contribution in [0.1, 0.15) is 35.7 Å². The molecule has 0 unspecified atom stereocenters. The molecule has 1 N–H and O–H groups in total. The molecular weight excluding hydrogens is 324 g/mol. The number of methoxy groups -OCH3 is 1. The van der Waals surface area contributed by atoms with E-state index in [1.807, 2.05) is 12.1 Å². The minimum absolute atomic E-state index is 0.00565. The van der Waals surface area contributed by atoms with Gasteiger partial charge in [0.25, 0.3) is 0 Å². The van der Waals surface area contributed by atoms with Crippen LogP contribution in [0.2, 0.25) is 0 Å². The first kappa shape index (κ1) is 15.4. The number of hydrogen-bond donors (Lipinski definition) is 1. The van der Waals surface area contributed by atoms with E-state index in [4.69, 9.17) is 4.74 Å². The molecule has 0 saturated carbocycles. The van der Waals surface area contributed by atoms with Gasteiger partial charge in [-0.15, -0.1) is 0 Å². The monoisotopic (exact) mass is 344 g/mol. The molecule has 6 nitrogen and oxygen atoms in total. The number of aromatic hydroxyl groups is 1. The lowest BCUT2D eigenvalue weighted by molar-refractivity contribution is 0.186. The largest absolute Gasteiger partial charge is 0.497 e. The molecule has 0 radical (unpaired) electrons. The van der Waals surface area contributed by atoms with Crippen molar-refractivity contribution in [3.63, 3.8) is 0 Å². The molecule has 1 aromatic carbocycles. The molecular formula is C17H20N4O2S. The number of benzene rings is 1. The first-order valence-electron chi connectivity index (χ1n) is 8.17. The zero-order valence-electron chi connectivity index (χ0n) is 13.6. The minimum atomic E-state index is -0.00565. The van der Waals surface area contributed by atoms with Gasteiger partial charge in [0, 0.05) is 0 Å². The van der Waals surface area contributed by atoms with Crippen LogP contribution in [0.15, 0.2) is 30.6 Å². The summed E-state index contributed by atoms with van der Waals surface area (Å²) in [5, 5.41) is 14.8. The molecule has 24 heavy (non-hydrogen) atoms. The predicted octanol–water partition coefficient (Wildman–Crippen LogP) is 3.08. The third-order valence-corrected chi connectivity index (χ3v) is 5.64. The van der Waals surface area contributed by atoms with Gasteiger partial charge < -0.3 is 9.84 Å². The van der Waals surface area contributed by atoms with Crippen LogP contribution in [0, 0.1) is 0 Å². The Hall–Kier alpha value is -2.12. The van der Waals surface area contributed by atoms with Gasteiger partial charge in [-0.25, -0.2) is 4.98 Å². The van der Waals surface area contributed by atoms with Crippen molar-refractivity contribution in [1.82, 2.24) is 19.5 Å². The van der Waals surface area contributed by atoms with E-state index in [-0.39, 0.29) is 11.9 Å². The zero-order chi connectivity index (χ0) is 16.5. The first-order chi connectivity index (χ1) is 11.8. The number of aromatic nitrogens is 3. The van der Waals surface area contributed by atoms with E-state index in [2.05, 4.69) is 27.1 Å². The second-order valence-electron chi connectivity index (χ2n) is 6.02. The van der Waals surface area contributed by atoms with E-state index < -0.39 is 0 Å². The van der Waals surface area contributed by atoms with Gasteiger partial charge in [-0.1, -0.05) is 29.9 Å². The highest BCUT2D eigenvalue weighted by Crippen LogP contribution is 2.41. The number of nitrogens with zero attached hydrogens (tertiary/aromatic N) is 4. The van der Waals surface area contributed by atoms with Crippen LogP contribution in [-0.4, -0.2) is 44.8 Å². The number of hydrogen-bond acceptors (Lipinski definition) is 6. The minimum Gasteiger partial charge on any atom is -0.497 e. The smallest absolute Gasteiger partial charge is 0.230 e. The van der Waals surface area contributed by atoms with Gasteiger partial charge in [-0.3, -0.25) is 4.90 Å². The fourth-order valence-electron chi connectivity index (χ4n) is 3.39. The van der Waals surface area contributed by atoms with Crippen LogP contribution in [0.3, 0.4) is 0 Å². The third kappa shape index (κ3) is 2.63.